The van der Waals surface area contributed by atoms with Crippen LogP contribution in [0.5, 0.6) is 0 Å². The second-order valence-corrected chi connectivity index (χ2v) is 4.11. The monoisotopic (exact) mass is 277 g/mol. The lowest BCUT2D eigenvalue weighted by atomic mass is 9.95. The number of nitrogens with zero attached hydrogens (tertiary/aromatic N) is 1. The fourth-order valence-electron chi connectivity index (χ4n) is 1.69. The Morgan fingerprint density at radius 1 is 1.37 bits per heavy atom. The molecule has 1 aromatic rings. The summed E-state index contributed by atoms with van der Waals surface area (Å²) in [4.78, 5) is 22.0. The van der Waals surface area contributed by atoms with E-state index in [2.05, 4.69) is 0 Å². The number of Topliss-reactive ketones (excluding diaryl/α,β-unsaturated/α-hetero) is 1. The number of aliphatic carboxylic acids is 1. The van der Waals surface area contributed by atoms with Crippen LogP contribution in [-0.4, -0.2) is 22.7 Å². The predicted molar refractivity (Wildman–Crippen MR) is 71.9 cm³/mol. The van der Waals surface area contributed by atoms with Gasteiger partial charge in [0.25, 0.3) is 0 Å². The zero-order valence-electron chi connectivity index (χ0n) is 10.1. The van der Waals surface area contributed by atoms with Crippen molar-refractivity contribution in [1.82, 2.24) is 0 Å². The number of carboxylic acids is 1. The molecule has 0 amide bonds. The largest absolute Gasteiger partial charge is 0.478 e. The van der Waals surface area contributed by atoms with Crippen molar-refractivity contribution < 1.29 is 14.7 Å². The van der Waals surface area contributed by atoms with Crippen molar-refractivity contribution >= 4 is 29.4 Å². The van der Waals surface area contributed by atoms with E-state index in [-0.39, 0.29) is 24.5 Å². The highest BCUT2D eigenvalue weighted by Crippen LogP contribution is 2.18. The van der Waals surface area contributed by atoms with Crippen LogP contribution in [0.2, 0.25) is 0 Å². The highest BCUT2D eigenvalue weighted by atomic mass is 35.5. The maximum Gasteiger partial charge on any atom is 0.328 e. The third-order valence-corrected chi connectivity index (χ3v) is 2.78. The van der Waals surface area contributed by atoms with Crippen LogP contribution >= 0.6 is 11.6 Å². The lowest BCUT2D eigenvalue weighted by molar-refractivity contribution is -0.131. The van der Waals surface area contributed by atoms with Gasteiger partial charge < -0.3 is 5.11 Å². The van der Waals surface area contributed by atoms with Crippen molar-refractivity contribution in [2.24, 2.45) is 0 Å². The molecule has 0 atom stereocenters. The van der Waals surface area contributed by atoms with E-state index >= 15 is 0 Å². The average Bonchev–Trinajstić information content (AvgIpc) is 2.38. The molecular formula is C14H12ClNO3. The minimum absolute atomic E-state index is 0.0927. The molecule has 98 valence electrons. The highest BCUT2D eigenvalue weighted by molar-refractivity contribution is 6.27. The Balaban J connectivity index is 3.21. The van der Waals surface area contributed by atoms with Crippen LogP contribution in [0.4, 0.5) is 0 Å². The zero-order chi connectivity index (χ0) is 14.3. The average molecular weight is 278 g/mol. The lowest BCUT2D eigenvalue weighted by Crippen LogP contribution is -2.06. The molecule has 4 nitrogen and oxygen atoms in total. The van der Waals surface area contributed by atoms with E-state index in [1.807, 2.05) is 6.07 Å². The first-order chi connectivity index (χ1) is 9.08. The second kappa shape index (κ2) is 7.34. The van der Waals surface area contributed by atoms with Gasteiger partial charge in [-0.1, -0.05) is 18.2 Å². The number of ketones is 1. The molecule has 0 aliphatic rings. The van der Waals surface area contributed by atoms with Crippen LogP contribution in [0.3, 0.4) is 0 Å². The first-order valence-corrected chi connectivity index (χ1v) is 6.08. The van der Waals surface area contributed by atoms with Crippen LogP contribution in [0.1, 0.15) is 16.7 Å². The number of rotatable bonds is 6. The summed E-state index contributed by atoms with van der Waals surface area (Å²) >= 11 is 5.47. The van der Waals surface area contributed by atoms with Gasteiger partial charge in [-0.2, -0.15) is 5.26 Å². The molecule has 0 aromatic heterocycles. The van der Waals surface area contributed by atoms with E-state index in [0.29, 0.717) is 16.7 Å². The summed E-state index contributed by atoms with van der Waals surface area (Å²) in [6, 6.07) is 7.22. The van der Waals surface area contributed by atoms with E-state index in [9.17, 15) is 9.59 Å². The first-order valence-electron chi connectivity index (χ1n) is 5.55. The van der Waals surface area contributed by atoms with Crippen LogP contribution in [-0.2, 0) is 22.4 Å². The fourth-order valence-corrected chi connectivity index (χ4v) is 1.78. The number of carbonyl (C=O) groups is 2. The molecule has 0 heterocycles. The number of alkyl halides is 1. The number of hydrogen-bond acceptors (Lipinski definition) is 3. The molecule has 0 unspecified atom stereocenters. The smallest absolute Gasteiger partial charge is 0.328 e. The summed E-state index contributed by atoms with van der Waals surface area (Å²) in [7, 11) is 0. The van der Waals surface area contributed by atoms with Gasteiger partial charge in [0.1, 0.15) is 0 Å². The molecule has 5 heteroatoms. The van der Waals surface area contributed by atoms with Gasteiger partial charge in [0.05, 0.1) is 18.4 Å². The van der Waals surface area contributed by atoms with Gasteiger partial charge in [-0.3, -0.25) is 4.79 Å². The Morgan fingerprint density at radius 2 is 2.05 bits per heavy atom. The summed E-state index contributed by atoms with van der Waals surface area (Å²) in [6.07, 6.45) is 2.68. The highest BCUT2D eigenvalue weighted by Gasteiger charge is 2.09. The molecular weight excluding hydrogens is 266 g/mol. The van der Waals surface area contributed by atoms with E-state index in [1.54, 1.807) is 18.2 Å². The van der Waals surface area contributed by atoms with Gasteiger partial charge >= 0.3 is 5.97 Å². The topological polar surface area (TPSA) is 78.2 Å². The van der Waals surface area contributed by atoms with Crippen molar-refractivity contribution in [3.05, 3.63) is 41.0 Å². The number of halogens is 1. The van der Waals surface area contributed by atoms with Crippen molar-refractivity contribution in [2.75, 3.05) is 5.88 Å². The molecule has 0 radical (unpaired) electrons. The predicted octanol–water partition coefficient (Wildman–Crippen LogP) is 2.20. The number of carbonyl (C=O) groups excluding carboxylic acids is 1. The van der Waals surface area contributed by atoms with E-state index < -0.39 is 5.97 Å². The molecule has 0 saturated heterocycles. The Kier molecular flexibility index (Phi) is 5.77. The van der Waals surface area contributed by atoms with Crippen LogP contribution in [0.15, 0.2) is 24.3 Å². The molecule has 0 bridgehead atoms. The second-order valence-electron chi connectivity index (χ2n) is 3.85. The van der Waals surface area contributed by atoms with Crippen molar-refractivity contribution in [1.29, 1.82) is 5.26 Å². The molecule has 0 fully saturated rings. The van der Waals surface area contributed by atoms with Crippen molar-refractivity contribution in [3.63, 3.8) is 0 Å². The van der Waals surface area contributed by atoms with Gasteiger partial charge in [-0.25, -0.2) is 4.79 Å². The standard InChI is InChI=1S/C14H12ClNO3/c15-9-12(17)8-11-3-1-2-10(6-7-16)13(11)4-5-14(18)19/h1-5H,6,8-9H2,(H,18,19)/b5-4+. The third kappa shape index (κ3) is 4.57. The summed E-state index contributed by atoms with van der Waals surface area (Å²) in [6.45, 7) is 0. The van der Waals surface area contributed by atoms with Gasteiger partial charge in [-0.15, -0.1) is 11.6 Å². The number of benzene rings is 1. The van der Waals surface area contributed by atoms with Crippen LogP contribution in [0.25, 0.3) is 6.08 Å². The minimum Gasteiger partial charge on any atom is -0.478 e. The summed E-state index contributed by atoms with van der Waals surface area (Å²) < 4.78 is 0. The van der Waals surface area contributed by atoms with Gasteiger partial charge in [0, 0.05) is 12.5 Å². The lowest BCUT2D eigenvalue weighted by Gasteiger charge is -2.09. The number of hydrogen-bond donors (Lipinski definition) is 1. The fraction of sp³-hybridized carbons (Fsp3) is 0.214. The zero-order valence-corrected chi connectivity index (χ0v) is 10.9. The number of nitriles is 1. The normalized spacial score (nSPS) is 10.3. The maximum atomic E-state index is 11.4. The molecule has 0 aliphatic heterocycles. The van der Waals surface area contributed by atoms with E-state index in [0.717, 1.165) is 6.08 Å². The van der Waals surface area contributed by atoms with Gasteiger partial charge in [0.2, 0.25) is 0 Å². The Labute approximate surface area is 115 Å². The van der Waals surface area contributed by atoms with E-state index in [4.69, 9.17) is 22.0 Å². The molecule has 1 rings (SSSR count). The van der Waals surface area contributed by atoms with Gasteiger partial charge in [0.15, 0.2) is 5.78 Å². The van der Waals surface area contributed by atoms with Crippen LogP contribution < -0.4 is 0 Å². The SMILES string of the molecule is N#CCc1cccc(CC(=O)CCl)c1/C=C/C(=O)O. The summed E-state index contributed by atoms with van der Waals surface area (Å²) in [5, 5.41) is 17.4. The Hall–Kier alpha value is -2.12. The minimum atomic E-state index is -1.08. The molecule has 19 heavy (non-hydrogen) atoms. The molecule has 1 N–H and O–H groups in total. The molecule has 0 saturated carbocycles. The summed E-state index contributed by atoms with van der Waals surface area (Å²) in [5.41, 5.74) is 1.97. The number of carboxylic acid groups (broad SMARTS) is 1. The molecule has 0 spiro atoms. The van der Waals surface area contributed by atoms with Crippen LogP contribution in [0, 0.1) is 11.3 Å². The Morgan fingerprint density at radius 3 is 2.63 bits per heavy atom. The quantitative estimate of drug-likeness (QED) is 0.639. The van der Waals surface area contributed by atoms with Crippen molar-refractivity contribution in [3.8, 4) is 6.07 Å². The Bertz CT molecular complexity index is 558. The molecule has 1 aromatic carbocycles. The first kappa shape index (κ1) is 14.9. The molecule has 0 aliphatic carbocycles. The van der Waals surface area contributed by atoms with Gasteiger partial charge in [-0.05, 0) is 22.8 Å². The maximum absolute atomic E-state index is 11.4. The summed E-state index contributed by atoms with van der Waals surface area (Å²) in [5.74, 6) is -1.33. The third-order valence-electron chi connectivity index (χ3n) is 2.49. The van der Waals surface area contributed by atoms with E-state index in [1.165, 1.54) is 6.08 Å². The van der Waals surface area contributed by atoms with Crippen molar-refractivity contribution in [2.45, 2.75) is 12.8 Å².